The summed E-state index contributed by atoms with van der Waals surface area (Å²) in [4.78, 5) is 27.7. The van der Waals surface area contributed by atoms with Crippen LogP contribution in [0.5, 0.6) is 5.75 Å². The summed E-state index contributed by atoms with van der Waals surface area (Å²) in [6.07, 6.45) is 2.67. The second-order valence-electron chi connectivity index (χ2n) is 6.60. The van der Waals surface area contributed by atoms with E-state index in [9.17, 15) is 9.59 Å². The molecule has 1 amide bonds. The van der Waals surface area contributed by atoms with E-state index in [2.05, 4.69) is 0 Å². The third-order valence-corrected chi connectivity index (χ3v) is 4.82. The molecule has 0 unspecified atom stereocenters. The van der Waals surface area contributed by atoms with Crippen LogP contribution in [0.25, 0.3) is 0 Å². The predicted molar refractivity (Wildman–Crippen MR) is 103 cm³/mol. The lowest BCUT2D eigenvalue weighted by molar-refractivity contribution is 0.0982. The lowest BCUT2D eigenvalue weighted by atomic mass is 10.0. The Morgan fingerprint density at radius 1 is 1.23 bits per heavy atom. The molecular formula is C21H26N2O3. The molecule has 1 aromatic heterocycles. The summed E-state index contributed by atoms with van der Waals surface area (Å²) in [6, 6.07) is 9.38. The molecule has 0 saturated heterocycles. The van der Waals surface area contributed by atoms with Gasteiger partial charge in [-0.3, -0.25) is 9.59 Å². The first-order valence-corrected chi connectivity index (χ1v) is 9.34. The molecule has 0 saturated carbocycles. The Morgan fingerprint density at radius 3 is 2.73 bits per heavy atom. The summed E-state index contributed by atoms with van der Waals surface area (Å²) < 4.78 is 7.44. The molecule has 5 heteroatoms. The number of amides is 1. The second kappa shape index (κ2) is 7.77. The van der Waals surface area contributed by atoms with E-state index in [0.29, 0.717) is 31.0 Å². The van der Waals surface area contributed by atoms with Crippen LogP contribution in [0.15, 0.2) is 35.1 Å². The monoisotopic (exact) mass is 354 g/mol. The van der Waals surface area contributed by atoms with E-state index in [4.69, 9.17) is 4.74 Å². The fourth-order valence-electron chi connectivity index (χ4n) is 3.61. The first kappa shape index (κ1) is 18.2. The fraction of sp³-hybridized carbons (Fsp3) is 0.429. The number of hydrogen-bond acceptors (Lipinski definition) is 3. The van der Waals surface area contributed by atoms with Gasteiger partial charge in [-0.1, -0.05) is 12.1 Å². The maximum Gasteiger partial charge on any atom is 0.263 e. The van der Waals surface area contributed by atoms with Crippen LogP contribution in [0, 0.1) is 6.92 Å². The molecule has 5 nitrogen and oxygen atoms in total. The highest BCUT2D eigenvalue weighted by molar-refractivity contribution is 6.08. The minimum Gasteiger partial charge on any atom is -0.493 e. The molecule has 0 N–H and O–H groups in total. The van der Waals surface area contributed by atoms with Crippen molar-refractivity contribution in [3.8, 4) is 5.75 Å². The molecule has 2 heterocycles. The molecule has 1 aliphatic heterocycles. The molecule has 0 spiro atoms. The topological polar surface area (TPSA) is 51.5 Å². The summed E-state index contributed by atoms with van der Waals surface area (Å²) in [7, 11) is 0. The minimum atomic E-state index is -0.104. The molecule has 26 heavy (non-hydrogen) atoms. The van der Waals surface area contributed by atoms with Gasteiger partial charge in [0.1, 0.15) is 11.3 Å². The van der Waals surface area contributed by atoms with Crippen LogP contribution in [-0.4, -0.2) is 23.6 Å². The van der Waals surface area contributed by atoms with E-state index in [1.165, 1.54) is 6.07 Å². The number of carbonyl (C=O) groups is 1. The van der Waals surface area contributed by atoms with Crippen molar-refractivity contribution < 1.29 is 9.53 Å². The number of fused-ring (bicyclic) bond motifs is 1. The summed E-state index contributed by atoms with van der Waals surface area (Å²) in [6.45, 7) is 7.46. The number of hydrogen-bond donors (Lipinski definition) is 0. The molecule has 0 aliphatic carbocycles. The van der Waals surface area contributed by atoms with Crippen LogP contribution in [-0.2, 0) is 13.0 Å². The maximum absolute atomic E-state index is 13.5. The first-order chi connectivity index (χ1) is 12.6. The van der Waals surface area contributed by atoms with E-state index >= 15 is 0 Å². The number of carbonyl (C=O) groups excluding carboxylic acids is 1. The van der Waals surface area contributed by atoms with Crippen molar-refractivity contribution >= 4 is 11.6 Å². The number of aromatic nitrogens is 1. The van der Waals surface area contributed by atoms with Crippen LogP contribution >= 0.6 is 0 Å². The van der Waals surface area contributed by atoms with Crippen LogP contribution < -0.4 is 15.2 Å². The van der Waals surface area contributed by atoms with Crippen molar-refractivity contribution in [2.45, 2.75) is 46.6 Å². The summed E-state index contributed by atoms with van der Waals surface area (Å²) >= 11 is 0. The molecule has 0 fully saturated rings. The van der Waals surface area contributed by atoms with Gasteiger partial charge in [0.15, 0.2) is 0 Å². The largest absolute Gasteiger partial charge is 0.493 e. The van der Waals surface area contributed by atoms with Gasteiger partial charge in [-0.05, 0) is 57.7 Å². The van der Waals surface area contributed by atoms with Gasteiger partial charge in [0.05, 0.1) is 6.61 Å². The molecule has 1 aromatic carbocycles. The van der Waals surface area contributed by atoms with Crippen molar-refractivity contribution in [3.63, 3.8) is 0 Å². The smallest absolute Gasteiger partial charge is 0.263 e. The third kappa shape index (κ3) is 3.39. The van der Waals surface area contributed by atoms with Gasteiger partial charge in [-0.25, -0.2) is 0 Å². The Hall–Kier alpha value is -2.56. The van der Waals surface area contributed by atoms with Crippen molar-refractivity contribution in [2.75, 3.05) is 18.1 Å². The zero-order valence-electron chi connectivity index (χ0n) is 15.7. The Kier molecular flexibility index (Phi) is 5.45. The number of anilines is 1. The summed E-state index contributed by atoms with van der Waals surface area (Å²) in [5, 5.41) is 0. The zero-order valence-corrected chi connectivity index (χ0v) is 15.7. The minimum absolute atomic E-state index is 0.0849. The molecule has 138 valence electrons. The second-order valence-corrected chi connectivity index (χ2v) is 6.60. The highest BCUT2D eigenvalue weighted by Gasteiger charge is 2.28. The Bertz CT molecular complexity index is 870. The highest BCUT2D eigenvalue weighted by atomic mass is 16.5. The quantitative estimate of drug-likeness (QED) is 0.825. The SMILES string of the molecule is CCOc1cc(=O)n2c(c1C(=O)N(CC)c1cccc(C)c1)CCCC2. The maximum atomic E-state index is 13.5. The van der Waals surface area contributed by atoms with Gasteiger partial charge < -0.3 is 14.2 Å². The van der Waals surface area contributed by atoms with E-state index < -0.39 is 0 Å². The zero-order chi connectivity index (χ0) is 18.7. The molecule has 1 aliphatic rings. The van der Waals surface area contributed by atoms with E-state index in [1.54, 1.807) is 9.47 Å². The van der Waals surface area contributed by atoms with Gasteiger partial charge in [0, 0.05) is 30.5 Å². The van der Waals surface area contributed by atoms with E-state index in [1.807, 2.05) is 45.0 Å². The van der Waals surface area contributed by atoms with Crippen LogP contribution in [0.1, 0.15) is 48.3 Å². The lowest BCUT2D eigenvalue weighted by Crippen LogP contribution is -2.36. The summed E-state index contributed by atoms with van der Waals surface area (Å²) in [5.74, 6) is 0.300. The predicted octanol–water partition coefficient (Wildman–Crippen LogP) is 3.56. The van der Waals surface area contributed by atoms with Gasteiger partial charge in [-0.2, -0.15) is 0 Å². The number of nitrogens with zero attached hydrogens (tertiary/aromatic N) is 2. The van der Waals surface area contributed by atoms with Crippen molar-refractivity contribution in [3.05, 3.63) is 57.5 Å². The Morgan fingerprint density at radius 2 is 2.04 bits per heavy atom. The summed E-state index contributed by atoms with van der Waals surface area (Å²) in [5.41, 5.74) is 3.22. The van der Waals surface area contributed by atoms with Crippen LogP contribution in [0.4, 0.5) is 5.69 Å². The molecule has 0 bridgehead atoms. The Balaban J connectivity index is 2.14. The lowest BCUT2D eigenvalue weighted by Gasteiger charge is -2.27. The van der Waals surface area contributed by atoms with Crippen molar-refractivity contribution in [1.82, 2.24) is 4.57 Å². The van der Waals surface area contributed by atoms with Gasteiger partial charge in [0.2, 0.25) is 0 Å². The van der Waals surface area contributed by atoms with Crippen LogP contribution in [0.3, 0.4) is 0 Å². The highest BCUT2D eigenvalue weighted by Crippen LogP contribution is 2.28. The van der Waals surface area contributed by atoms with Gasteiger partial charge in [-0.15, -0.1) is 0 Å². The standard InChI is InChI=1S/C21H26N2O3/c1-4-22(16-10-8-9-15(3)13-16)21(25)20-17-11-6-7-12-23(17)19(24)14-18(20)26-5-2/h8-10,13-14H,4-7,11-12H2,1-3H3. The number of rotatable bonds is 5. The van der Waals surface area contributed by atoms with Crippen LogP contribution in [0.2, 0.25) is 0 Å². The number of benzene rings is 1. The molecule has 0 atom stereocenters. The van der Waals surface area contributed by atoms with E-state index in [0.717, 1.165) is 36.2 Å². The van der Waals surface area contributed by atoms with Crippen molar-refractivity contribution in [2.24, 2.45) is 0 Å². The molecular weight excluding hydrogens is 328 g/mol. The van der Waals surface area contributed by atoms with Crippen molar-refractivity contribution in [1.29, 1.82) is 0 Å². The Labute approximate surface area is 154 Å². The number of ether oxygens (including phenoxy) is 1. The third-order valence-electron chi connectivity index (χ3n) is 4.82. The number of pyridine rings is 1. The average molecular weight is 354 g/mol. The normalized spacial score (nSPS) is 13.2. The molecule has 0 radical (unpaired) electrons. The molecule has 3 rings (SSSR count). The first-order valence-electron chi connectivity index (χ1n) is 9.34. The average Bonchev–Trinajstić information content (AvgIpc) is 2.63. The van der Waals surface area contributed by atoms with E-state index in [-0.39, 0.29) is 11.5 Å². The molecule has 2 aromatic rings. The van der Waals surface area contributed by atoms with Gasteiger partial charge >= 0.3 is 0 Å². The van der Waals surface area contributed by atoms with Gasteiger partial charge in [0.25, 0.3) is 11.5 Å². The number of aryl methyl sites for hydroxylation is 1. The fourth-order valence-corrected chi connectivity index (χ4v) is 3.61.